The molecule has 0 bridgehead atoms. The summed E-state index contributed by atoms with van der Waals surface area (Å²) >= 11 is 0. The molecule has 7 heteroatoms. The van der Waals surface area contributed by atoms with Gasteiger partial charge in [-0.2, -0.15) is 0 Å². The number of nitrogens with zero attached hydrogens (tertiary/aromatic N) is 1. The van der Waals surface area contributed by atoms with Gasteiger partial charge in [-0.05, 0) is 30.5 Å². The first kappa shape index (κ1) is 20.2. The molecule has 6 nitrogen and oxygen atoms in total. The standard InChI is InChI=1S/C19H28FN3O3/c1-14(2)11-17(24)23-9-7-19(13-23,18(25)21-8-10-26-3)22-16-6-4-5-15(20)12-16/h4-6,12,14,22H,7-11,13H2,1-3H3,(H,21,25). The van der Waals surface area contributed by atoms with Gasteiger partial charge in [0.1, 0.15) is 11.4 Å². The van der Waals surface area contributed by atoms with Crippen molar-refractivity contribution in [2.45, 2.75) is 32.2 Å². The van der Waals surface area contributed by atoms with Gasteiger partial charge in [0.15, 0.2) is 0 Å². The minimum atomic E-state index is -0.978. The van der Waals surface area contributed by atoms with Gasteiger partial charge in [0, 0.05) is 32.3 Å². The van der Waals surface area contributed by atoms with Crippen LogP contribution in [0, 0.1) is 11.7 Å². The van der Waals surface area contributed by atoms with Gasteiger partial charge in [-0.1, -0.05) is 19.9 Å². The Balaban J connectivity index is 2.17. The van der Waals surface area contributed by atoms with E-state index in [2.05, 4.69) is 10.6 Å². The second kappa shape index (κ2) is 8.98. The molecule has 1 atom stereocenters. The second-order valence-corrected chi connectivity index (χ2v) is 7.13. The Morgan fingerprint density at radius 1 is 1.38 bits per heavy atom. The van der Waals surface area contributed by atoms with Crippen LogP contribution >= 0.6 is 0 Å². The Labute approximate surface area is 154 Å². The van der Waals surface area contributed by atoms with E-state index >= 15 is 0 Å². The molecule has 1 saturated heterocycles. The zero-order valence-electron chi connectivity index (χ0n) is 15.7. The summed E-state index contributed by atoms with van der Waals surface area (Å²) in [5, 5.41) is 6.02. The van der Waals surface area contributed by atoms with Crippen LogP contribution in [0.3, 0.4) is 0 Å². The predicted molar refractivity (Wildman–Crippen MR) is 98.3 cm³/mol. The number of carbonyl (C=O) groups excluding carboxylic acids is 2. The lowest BCUT2D eigenvalue weighted by Gasteiger charge is -2.30. The Bertz CT molecular complexity index is 638. The van der Waals surface area contributed by atoms with Gasteiger partial charge in [0.05, 0.1) is 13.2 Å². The van der Waals surface area contributed by atoms with E-state index in [0.717, 1.165) is 0 Å². The lowest BCUT2D eigenvalue weighted by molar-refractivity contribution is -0.131. The molecular weight excluding hydrogens is 337 g/mol. The van der Waals surface area contributed by atoms with Crippen molar-refractivity contribution in [3.63, 3.8) is 0 Å². The van der Waals surface area contributed by atoms with E-state index in [9.17, 15) is 14.0 Å². The molecule has 1 aliphatic heterocycles. The smallest absolute Gasteiger partial charge is 0.247 e. The van der Waals surface area contributed by atoms with Crippen LogP contribution in [0.1, 0.15) is 26.7 Å². The normalized spacial score (nSPS) is 19.7. The largest absolute Gasteiger partial charge is 0.383 e. The number of anilines is 1. The molecule has 0 aromatic heterocycles. The summed E-state index contributed by atoms with van der Waals surface area (Å²) in [6.07, 6.45) is 0.910. The molecule has 26 heavy (non-hydrogen) atoms. The number of hydrogen-bond acceptors (Lipinski definition) is 4. The van der Waals surface area contributed by atoms with Gasteiger partial charge in [-0.3, -0.25) is 9.59 Å². The maximum Gasteiger partial charge on any atom is 0.247 e. The fourth-order valence-electron chi connectivity index (χ4n) is 3.12. The number of likely N-dealkylation sites (tertiary alicyclic amines) is 1. The van der Waals surface area contributed by atoms with Gasteiger partial charge in [-0.25, -0.2) is 4.39 Å². The number of hydrogen-bond donors (Lipinski definition) is 2. The number of methoxy groups -OCH3 is 1. The summed E-state index contributed by atoms with van der Waals surface area (Å²) in [5.74, 6) is -0.300. The molecule has 0 spiro atoms. The molecule has 1 unspecified atom stereocenters. The molecule has 0 aliphatic carbocycles. The molecule has 1 aromatic rings. The Morgan fingerprint density at radius 2 is 2.15 bits per heavy atom. The Hall–Kier alpha value is -2.15. The first-order valence-electron chi connectivity index (χ1n) is 8.95. The van der Waals surface area contributed by atoms with Crippen molar-refractivity contribution in [2.75, 3.05) is 38.7 Å². The number of halogens is 1. The third-order valence-corrected chi connectivity index (χ3v) is 4.44. The molecule has 2 rings (SSSR count). The van der Waals surface area contributed by atoms with Crippen LogP contribution in [0.25, 0.3) is 0 Å². The quantitative estimate of drug-likeness (QED) is 0.692. The van der Waals surface area contributed by atoms with E-state index in [4.69, 9.17) is 4.74 Å². The van der Waals surface area contributed by atoms with E-state index in [1.165, 1.54) is 12.1 Å². The number of nitrogens with one attached hydrogen (secondary N) is 2. The molecule has 2 N–H and O–H groups in total. The number of rotatable bonds is 8. The van der Waals surface area contributed by atoms with Gasteiger partial charge >= 0.3 is 0 Å². The van der Waals surface area contributed by atoms with Crippen molar-refractivity contribution in [3.8, 4) is 0 Å². The van der Waals surface area contributed by atoms with Crippen molar-refractivity contribution in [1.29, 1.82) is 0 Å². The molecule has 1 aromatic carbocycles. The van der Waals surface area contributed by atoms with Gasteiger partial charge in [-0.15, -0.1) is 0 Å². The van der Waals surface area contributed by atoms with E-state index < -0.39 is 5.54 Å². The zero-order chi connectivity index (χ0) is 19.2. The maximum atomic E-state index is 13.5. The predicted octanol–water partition coefficient (Wildman–Crippen LogP) is 2.02. The van der Waals surface area contributed by atoms with Crippen LogP contribution in [0.2, 0.25) is 0 Å². The molecule has 0 saturated carbocycles. The van der Waals surface area contributed by atoms with E-state index in [0.29, 0.717) is 38.2 Å². The van der Waals surface area contributed by atoms with Crippen molar-refractivity contribution in [2.24, 2.45) is 5.92 Å². The summed E-state index contributed by atoms with van der Waals surface area (Å²) in [4.78, 5) is 27.0. The molecule has 1 fully saturated rings. The average Bonchev–Trinajstić information content (AvgIpc) is 3.00. The first-order chi connectivity index (χ1) is 12.4. The Kier molecular flexibility index (Phi) is 6.97. The summed E-state index contributed by atoms with van der Waals surface area (Å²) in [6, 6.07) is 6.00. The number of benzene rings is 1. The summed E-state index contributed by atoms with van der Waals surface area (Å²) in [5.41, 5.74) is -0.459. The topological polar surface area (TPSA) is 70.7 Å². The van der Waals surface area contributed by atoms with Crippen molar-refractivity contribution in [1.82, 2.24) is 10.2 Å². The first-order valence-corrected chi connectivity index (χ1v) is 8.95. The van der Waals surface area contributed by atoms with Crippen LogP contribution < -0.4 is 10.6 Å². The van der Waals surface area contributed by atoms with Crippen LogP contribution in [0.5, 0.6) is 0 Å². The highest BCUT2D eigenvalue weighted by atomic mass is 19.1. The van der Waals surface area contributed by atoms with Crippen LogP contribution in [-0.2, 0) is 14.3 Å². The molecule has 0 radical (unpaired) electrons. The molecule has 1 heterocycles. The fraction of sp³-hybridized carbons (Fsp3) is 0.579. The minimum absolute atomic E-state index is 0.0348. The van der Waals surface area contributed by atoms with Crippen molar-refractivity contribution >= 4 is 17.5 Å². The SMILES string of the molecule is COCCNC(=O)C1(Nc2cccc(F)c2)CCN(C(=O)CC(C)C)C1. The lowest BCUT2D eigenvalue weighted by atomic mass is 9.96. The average molecular weight is 365 g/mol. The van der Waals surface area contributed by atoms with E-state index in [-0.39, 0.29) is 30.1 Å². The molecule has 1 aliphatic rings. The maximum absolute atomic E-state index is 13.5. The fourth-order valence-corrected chi connectivity index (χ4v) is 3.12. The van der Waals surface area contributed by atoms with Crippen molar-refractivity contribution in [3.05, 3.63) is 30.1 Å². The van der Waals surface area contributed by atoms with E-state index in [1.54, 1.807) is 24.1 Å². The highest BCUT2D eigenvalue weighted by Gasteiger charge is 2.46. The minimum Gasteiger partial charge on any atom is -0.383 e. The monoisotopic (exact) mass is 365 g/mol. The molecular formula is C19H28FN3O3. The summed E-state index contributed by atoms with van der Waals surface area (Å²) in [6.45, 7) is 5.51. The molecule has 144 valence electrons. The van der Waals surface area contributed by atoms with Crippen LogP contribution in [0.15, 0.2) is 24.3 Å². The number of amides is 2. The number of carbonyl (C=O) groups is 2. The third kappa shape index (κ3) is 5.17. The number of ether oxygens (including phenoxy) is 1. The van der Waals surface area contributed by atoms with Gasteiger partial charge in [0.2, 0.25) is 11.8 Å². The van der Waals surface area contributed by atoms with Gasteiger partial charge in [0.25, 0.3) is 0 Å². The van der Waals surface area contributed by atoms with E-state index in [1.807, 2.05) is 13.8 Å². The van der Waals surface area contributed by atoms with Crippen LogP contribution in [0.4, 0.5) is 10.1 Å². The highest BCUT2D eigenvalue weighted by Crippen LogP contribution is 2.28. The molecule has 2 amide bonds. The third-order valence-electron chi connectivity index (χ3n) is 4.44. The lowest BCUT2D eigenvalue weighted by Crippen LogP contribution is -2.55. The highest BCUT2D eigenvalue weighted by molar-refractivity contribution is 5.91. The summed E-state index contributed by atoms with van der Waals surface area (Å²) < 4.78 is 18.5. The van der Waals surface area contributed by atoms with Crippen LogP contribution in [-0.4, -0.2) is 55.6 Å². The summed E-state index contributed by atoms with van der Waals surface area (Å²) in [7, 11) is 1.56. The zero-order valence-corrected chi connectivity index (χ0v) is 15.7. The van der Waals surface area contributed by atoms with Crippen molar-refractivity contribution < 1.29 is 18.7 Å². The Morgan fingerprint density at radius 3 is 2.81 bits per heavy atom. The van der Waals surface area contributed by atoms with Gasteiger partial charge < -0.3 is 20.3 Å². The second-order valence-electron chi connectivity index (χ2n) is 7.13.